The number of hydrogen-bond acceptors (Lipinski definition) is 4. The summed E-state index contributed by atoms with van der Waals surface area (Å²) in [6.45, 7) is 6.41. The molecule has 2 N–H and O–H groups in total. The van der Waals surface area contributed by atoms with E-state index in [0.717, 1.165) is 18.0 Å². The van der Waals surface area contributed by atoms with Gasteiger partial charge in [-0.05, 0) is 18.7 Å². The summed E-state index contributed by atoms with van der Waals surface area (Å²) in [5, 5.41) is 6.07. The van der Waals surface area contributed by atoms with Gasteiger partial charge in [-0.1, -0.05) is 26.0 Å². The van der Waals surface area contributed by atoms with Crippen molar-refractivity contribution in [3.8, 4) is 11.5 Å². The van der Waals surface area contributed by atoms with E-state index in [0.29, 0.717) is 19.7 Å². The maximum Gasteiger partial charge on any atom is 0.224 e. The quantitative estimate of drug-likeness (QED) is 0.820. The molecule has 0 spiro atoms. The zero-order valence-electron chi connectivity index (χ0n) is 12.0. The Morgan fingerprint density at radius 2 is 2.15 bits per heavy atom. The largest absolute Gasteiger partial charge is 0.486 e. The Morgan fingerprint density at radius 1 is 1.40 bits per heavy atom. The average molecular weight is 278 g/mol. The Kier molecular flexibility index (Phi) is 5.24. The van der Waals surface area contributed by atoms with Crippen molar-refractivity contribution in [2.45, 2.75) is 20.0 Å². The minimum absolute atomic E-state index is 0.0356. The van der Waals surface area contributed by atoms with Crippen LogP contribution in [-0.2, 0) is 4.79 Å². The number of hydrogen-bond donors (Lipinski definition) is 2. The van der Waals surface area contributed by atoms with Crippen LogP contribution < -0.4 is 20.1 Å². The van der Waals surface area contributed by atoms with E-state index in [1.807, 2.05) is 38.1 Å². The molecule has 5 heteroatoms. The van der Waals surface area contributed by atoms with E-state index in [2.05, 4.69) is 10.6 Å². The molecule has 2 atom stereocenters. The molecule has 1 aromatic carbocycles. The van der Waals surface area contributed by atoms with E-state index >= 15 is 0 Å². The Labute approximate surface area is 119 Å². The van der Waals surface area contributed by atoms with Crippen molar-refractivity contribution in [1.82, 2.24) is 10.6 Å². The molecular weight excluding hydrogens is 256 g/mol. The lowest BCUT2D eigenvalue weighted by Gasteiger charge is -2.27. The van der Waals surface area contributed by atoms with Crippen LogP contribution in [0.3, 0.4) is 0 Å². The Bertz CT molecular complexity index is 450. The van der Waals surface area contributed by atoms with Gasteiger partial charge in [0, 0.05) is 12.5 Å². The second kappa shape index (κ2) is 7.14. The molecule has 1 aliphatic rings. The number of para-hydroxylation sites is 2. The van der Waals surface area contributed by atoms with E-state index < -0.39 is 0 Å². The van der Waals surface area contributed by atoms with Crippen LogP contribution in [-0.4, -0.2) is 38.3 Å². The van der Waals surface area contributed by atoms with Crippen LogP contribution in [0.2, 0.25) is 0 Å². The molecule has 1 aliphatic heterocycles. The van der Waals surface area contributed by atoms with Crippen molar-refractivity contribution >= 4 is 5.91 Å². The number of amides is 1. The second-order valence-electron chi connectivity index (χ2n) is 4.95. The van der Waals surface area contributed by atoms with E-state index in [9.17, 15) is 4.79 Å². The summed E-state index contributed by atoms with van der Waals surface area (Å²) in [5.41, 5.74) is 0. The van der Waals surface area contributed by atoms with Gasteiger partial charge in [-0.25, -0.2) is 0 Å². The third-order valence-electron chi connectivity index (χ3n) is 3.22. The summed E-state index contributed by atoms with van der Waals surface area (Å²) in [6, 6.07) is 7.56. The van der Waals surface area contributed by atoms with Gasteiger partial charge in [0.2, 0.25) is 5.91 Å². The molecule has 5 nitrogen and oxygen atoms in total. The molecular formula is C15H22N2O3. The van der Waals surface area contributed by atoms with Gasteiger partial charge in [-0.2, -0.15) is 0 Å². The minimum atomic E-state index is -0.139. The van der Waals surface area contributed by atoms with Gasteiger partial charge in [0.15, 0.2) is 11.5 Å². The van der Waals surface area contributed by atoms with Crippen molar-refractivity contribution < 1.29 is 14.3 Å². The molecule has 1 aromatic rings. The predicted octanol–water partition coefficient (Wildman–Crippen LogP) is 1.19. The summed E-state index contributed by atoms with van der Waals surface area (Å²) in [7, 11) is 0. The third-order valence-corrected chi connectivity index (χ3v) is 3.22. The second-order valence-corrected chi connectivity index (χ2v) is 4.95. The standard InChI is InChI=1S/C15H22N2O3/c1-3-16-8-11(2)15(18)17-9-12-10-19-13-6-4-5-7-14(13)20-12/h4-7,11-12,16H,3,8-10H2,1-2H3,(H,17,18). The van der Waals surface area contributed by atoms with Gasteiger partial charge >= 0.3 is 0 Å². The lowest BCUT2D eigenvalue weighted by atomic mass is 10.1. The molecule has 1 amide bonds. The number of ether oxygens (including phenoxy) is 2. The van der Waals surface area contributed by atoms with E-state index in [-0.39, 0.29) is 17.9 Å². The number of carbonyl (C=O) groups excluding carboxylic acids is 1. The Morgan fingerprint density at radius 3 is 2.90 bits per heavy atom. The van der Waals surface area contributed by atoms with Crippen LogP contribution in [0.4, 0.5) is 0 Å². The van der Waals surface area contributed by atoms with E-state index in [1.54, 1.807) is 0 Å². The summed E-state index contributed by atoms with van der Waals surface area (Å²) in [5.74, 6) is 1.48. The van der Waals surface area contributed by atoms with Gasteiger partial charge in [-0.3, -0.25) is 4.79 Å². The van der Waals surface area contributed by atoms with Gasteiger partial charge in [-0.15, -0.1) is 0 Å². The van der Waals surface area contributed by atoms with Crippen LogP contribution in [0.1, 0.15) is 13.8 Å². The fourth-order valence-electron chi connectivity index (χ4n) is 2.01. The van der Waals surface area contributed by atoms with Crippen molar-refractivity contribution in [1.29, 1.82) is 0 Å². The molecule has 0 saturated heterocycles. The molecule has 0 aromatic heterocycles. The fraction of sp³-hybridized carbons (Fsp3) is 0.533. The molecule has 110 valence electrons. The Balaban J connectivity index is 1.77. The zero-order chi connectivity index (χ0) is 14.4. The van der Waals surface area contributed by atoms with Crippen LogP contribution in [0, 0.1) is 5.92 Å². The van der Waals surface area contributed by atoms with Crippen molar-refractivity contribution in [3.63, 3.8) is 0 Å². The van der Waals surface area contributed by atoms with Crippen molar-refractivity contribution in [2.24, 2.45) is 5.92 Å². The first-order chi connectivity index (χ1) is 9.70. The molecule has 0 radical (unpaired) electrons. The molecule has 0 saturated carbocycles. The van der Waals surface area contributed by atoms with E-state index in [1.165, 1.54) is 0 Å². The molecule has 2 unspecified atom stereocenters. The monoisotopic (exact) mass is 278 g/mol. The summed E-state index contributed by atoms with van der Waals surface area (Å²) in [6.07, 6.45) is -0.139. The third kappa shape index (κ3) is 3.87. The number of nitrogens with one attached hydrogen (secondary N) is 2. The molecule has 0 bridgehead atoms. The van der Waals surface area contributed by atoms with Gasteiger partial charge in [0.05, 0.1) is 6.54 Å². The van der Waals surface area contributed by atoms with Crippen LogP contribution >= 0.6 is 0 Å². The lowest BCUT2D eigenvalue weighted by molar-refractivity contribution is -0.124. The number of carbonyl (C=O) groups is 1. The number of rotatable bonds is 6. The zero-order valence-corrected chi connectivity index (χ0v) is 12.0. The topological polar surface area (TPSA) is 59.6 Å². The molecule has 1 heterocycles. The highest BCUT2D eigenvalue weighted by Crippen LogP contribution is 2.30. The van der Waals surface area contributed by atoms with Crippen molar-refractivity contribution in [3.05, 3.63) is 24.3 Å². The van der Waals surface area contributed by atoms with Gasteiger partial charge in [0.25, 0.3) is 0 Å². The molecule has 2 rings (SSSR count). The first kappa shape index (κ1) is 14.7. The smallest absolute Gasteiger partial charge is 0.224 e. The summed E-state index contributed by atoms with van der Waals surface area (Å²) < 4.78 is 11.4. The highest BCUT2D eigenvalue weighted by atomic mass is 16.6. The van der Waals surface area contributed by atoms with Gasteiger partial charge in [0.1, 0.15) is 12.7 Å². The average Bonchev–Trinajstić information content (AvgIpc) is 2.50. The highest BCUT2D eigenvalue weighted by molar-refractivity contribution is 5.78. The minimum Gasteiger partial charge on any atom is -0.486 e. The van der Waals surface area contributed by atoms with E-state index in [4.69, 9.17) is 9.47 Å². The highest BCUT2D eigenvalue weighted by Gasteiger charge is 2.22. The van der Waals surface area contributed by atoms with Crippen LogP contribution in [0.15, 0.2) is 24.3 Å². The number of benzene rings is 1. The summed E-state index contributed by atoms with van der Waals surface area (Å²) >= 11 is 0. The molecule has 0 fully saturated rings. The maximum absolute atomic E-state index is 11.9. The fourth-order valence-corrected chi connectivity index (χ4v) is 2.01. The lowest BCUT2D eigenvalue weighted by Crippen LogP contribution is -2.43. The normalized spacial score (nSPS) is 18.4. The van der Waals surface area contributed by atoms with Gasteiger partial charge < -0.3 is 20.1 Å². The first-order valence-electron chi connectivity index (χ1n) is 7.07. The first-order valence-corrected chi connectivity index (χ1v) is 7.07. The molecule has 20 heavy (non-hydrogen) atoms. The number of fused-ring (bicyclic) bond motifs is 1. The SMILES string of the molecule is CCNCC(C)C(=O)NCC1COc2ccccc2O1. The maximum atomic E-state index is 11.9. The van der Waals surface area contributed by atoms with Crippen molar-refractivity contribution in [2.75, 3.05) is 26.2 Å². The molecule has 0 aliphatic carbocycles. The van der Waals surface area contributed by atoms with Crippen LogP contribution in [0.5, 0.6) is 11.5 Å². The predicted molar refractivity (Wildman–Crippen MR) is 77.1 cm³/mol. The van der Waals surface area contributed by atoms with Crippen LogP contribution in [0.25, 0.3) is 0 Å². The Hall–Kier alpha value is -1.75. The summed E-state index contributed by atoms with van der Waals surface area (Å²) in [4.78, 5) is 11.9.